The number of carbonyl (C=O) groups is 1. The van der Waals surface area contributed by atoms with Gasteiger partial charge in [0.1, 0.15) is 12.4 Å². The Morgan fingerprint density at radius 2 is 1.50 bits per heavy atom. The fraction of sp³-hybridized carbons (Fsp3) is 0.270. The van der Waals surface area contributed by atoms with Gasteiger partial charge in [-0.25, -0.2) is 0 Å². The molecule has 0 bridgehead atoms. The summed E-state index contributed by atoms with van der Waals surface area (Å²) in [6.45, 7) is 6.57. The van der Waals surface area contributed by atoms with Gasteiger partial charge in [0.2, 0.25) is 5.91 Å². The molecule has 0 saturated carbocycles. The van der Waals surface area contributed by atoms with Crippen molar-refractivity contribution in [1.29, 1.82) is 0 Å². The maximum atomic E-state index is 13.9. The van der Waals surface area contributed by atoms with Crippen molar-refractivity contribution in [2.75, 3.05) is 13.1 Å². The van der Waals surface area contributed by atoms with Gasteiger partial charge in [0, 0.05) is 49.1 Å². The molecular weight excluding hydrogens is 520 g/mol. The number of nitrogens with zero attached hydrogens (tertiary/aromatic N) is 2. The zero-order valence-corrected chi connectivity index (χ0v) is 24.4. The fourth-order valence-corrected chi connectivity index (χ4v) is 6.12. The third-order valence-electron chi connectivity index (χ3n) is 8.05. The van der Waals surface area contributed by atoms with Crippen LogP contribution in [0, 0.1) is 0 Å². The minimum atomic E-state index is -0.131. The van der Waals surface area contributed by atoms with Crippen LogP contribution < -0.4 is 4.74 Å². The Bertz CT molecular complexity index is 1620. The number of aromatic nitrogens is 1. The lowest BCUT2D eigenvalue weighted by molar-refractivity contribution is -0.143. The molecule has 0 N–H and O–H groups in total. The van der Waals surface area contributed by atoms with Crippen LogP contribution in [0.4, 0.5) is 0 Å². The van der Waals surface area contributed by atoms with Crippen LogP contribution in [0.25, 0.3) is 10.9 Å². The predicted octanol–water partition coefficient (Wildman–Crippen LogP) is 7.43. The van der Waals surface area contributed by atoms with E-state index in [4.69, 9.17) is 9.47 Å². The highest BCUT2D eigenvalue weighted by atomic mass is 16.5. The third-order valence-corrected chi connectivity index (χ3v) is 8.05. The molecule has 1 aliphatic rings. The molecule has 4 aromatic carbocycles. The van der Waals surface area contributed by atoms with E-state index >= 15 is 0 Å². The minimum Gasteiger partial charge on any atom is -0.489 e. The van der Waals surface area contributed by atoms with Gasteiger partial charge in [-0.2, -0.15) is 0 Å². The van der Waals surface area contributed by atoms with Crippen molar-refractivity contribution in [3.63, 3.8) is 0 Å². The second kappa shape index (κ2) is 12.7. The van der Waals surface area contributed by atoms with Gasteiger partial charge in [-0.05, 0) is 54.3 Å². The molecule has 5 aromatic rings. The lowest BCUT2D eigenvalue weighted by Crippen LogP contribution is -2.48. The summed E-state index contributed by atoms with van der Waals surface area (Å²) in [5.41, 5.74) is 5.76. The molecule has 5 heteroatoms. The number of para-hydroxylation sites is 1. The van der Waals surface area contributed by atoms with E-state index in [9.17, 15) is 4.79 Å². The molecule has 2 heterocycles. The summed E-state index contributed by atoms with van der Waals surface area (Å²) in [6, 6.07) is 37.5. The first-order valence-electron chi connectivity index (χ1n) is 14.8. The van der Waals surface area contributed by atoms with Crippen LogP contribution in [-0.4, -0.2) is 40.7 Å². The first-order valence-corrected chi connectivity index (χ1v) is 14.8. The zero-order chi connectivity index (χ0) is 28.9. The Kier molecular flexibility index (Phi) is 8.38. The van der Waals surface area contributed by atoms with E-state index in [1.165, 1.54) is 16.5 Å². The van der Waals surface area contributed by atoms with Crippen LogP contribution in [-0.2, 0) is 22.7 Å². The molecule has 1 amide bonds. The summed E-state index contributed by atoms with van der Waals surface area (Å²) in [7, 11) is 0. The van der Waals surface area contributed by atoms with Crippen molar-refractivity contribution < 1.29 is 14.3 Å². The quantitative estimate of drug-likeness (QED) is 0.189. The molecular formula is C37H38N2O3. The van der Waals surface area contributed by atoms with Gasteiger partial charge in [-0.15, -0.1) is 0 Å². The lowest BCUT2D eigenvalue weighted by Gasteiger charge is -2.36. The van der Waals surface area contributed by atoms with Crippen molar-refractivity contribution in [2.24, 2.45) is 0 Å². The molecule has 214 valence electrons. The smallest absolute Gasteiger partial charge is 0.223 e. The molecule has 42 heavy (non-hydrogen) atoms. The lowest BCUT2D eigenvalue weighted by atomic mass is 9.87. The third kappa shape index (κ3) is 6.42. The molecule has 0 spiro atoms. The highest BCUT2D eigenvalue weighted by molar-refractivity contribution is 5.87. The molecule has 1 aliphatic heterocycles. The van der Waals surface area contributed by atoms with Crippen LogP contribution in [0.2, 0.25) is 0 Å². The standard InChI is InChI=1S/C37H38N2O3/c1-27-22-39(23-28(2)42-27)37(40)21-34(31-16-11-17-32(20-31)41-26-30-14-7-4-8-15-30)35-25-38(24-29-12-5-3-6-13-29)36-19-10-9-18-33(35)36/h3-20,25,27-28,34H,21-24,26H2,1-2H3/t27-,28-,34+/m1/s1. The van der Waals surface area contributed by atoms with E-state index in [0.29, 0.717) is 26.1 Å². The second-order valence-electron chi connectivity index (χ2n) is 11.4. The van der Waals surface area contributed by atoms with E-state index in [0.717, 1.165) is 29.0 Å². The predicted molar refractivity (Wildman–Crippen MR) is 168 cm³/mol. The highest BCUT2D eigenvalue weighted by Crippen LogP contribution is 2.37. The summed E-state index contributed by atoms with van der Waals surface area (Å²) in [6.07, 6.45) is 2.68. The van der Waals surface area contributed by atoms with E-state index in [1.54, 1.807) is 0 Å². The molecule has 0 aliphatic carbocycles. The number of benzene rings is 4. The largest absolute Gasteiger partial charge is 0.489 e. The Hall–Kier alpha value is -4.35. The molecule has 5 nitrogen and oxygen atoms in total. The topological polar surface area (TPSA) is 43.7 Å². The Balaban J connectivity index is 1.37. The molecule has 3 atom stereocenters. The molecule has 1 saturated heterocycles. The van der Waals surface area contributed by atoms with Crippen LogP contribution >= 0.6 is 0 Å². The number of amides is 1. The summed E-state index contributed by atoms with van der Waals surface area (Å²) >= 11 is 0. The Labute approximate surface area is 248 Å². The van der Waals surface area contributed by atoms with E-state index in [-0.39, 0.29) is 24.0 Å². The van der Waals surface area contributed by atoms with Gasteiger partial charge in [-0.3, -0.25) is 4.79 Å². The van der Waals surface area contributed by atoms with Crippen LogP contribution in [0.5, 0.6) is 5.75 Å². The van der Waals surface area contributed by atoms with Crippen LogP contribution in [0.15, 0.2) is 115 Å². The van der Waals surface area contributed by atoms with Gasteiger partial charge < -0.3 is 18.9 Å². The Morgan fingerprint density at radius 3 is 2.24 bits per heavy atom. The number of fused-ring (bicyclic) bond motifs is 1. The summed E-state index contributed by atoms with van der Waals surface area (Å²) in [5.74, 6) is 0.820. The first kappa shape index (κ1) is 27.8. The summed E-state index contributed by atoms with van der Waals surface area (Å²) < 4.78 is 14.5. The highest BCUT2D eigenvalue weighted by Gasteiger charge is 2.30. The number of hydrogen-bond acceptors (Lipinski definition) is 3. The van der Waals surface area contributed by atoms with E-state index in [1.807, 2.05) is 55.1 Å². The van der Waals surface area contributed by atoms with Crippen molar-refractivity contribution >= 4 is 16.8 Å². The fourth-order valence-electron chi connectivity index (χ4n) is 6.12. The molecule has 0 radical (unpaired) electrons. The number of hydrogen-bond donors (Lipinski definition) is 0. The Morgan fingerprint density at radius 1 is 0.833 bits per heavy atom. The van der Waals surface area contributed by atoms with Crippen molar-refractivity contribution in [3.8, 4) is 5.75 Å². The number of morpholine rings is 1. The van der Waals surface area contributed by atoms with E-state index < -0.39 is 0 Å². The summed E-state index contributed by atoms with van der Waals surface area (Å²) in [5, 5.41) is 1.17. The maximum absolute atomic E-state index is 13.9. The molecule has 6 rings (SSSR count). The normalized spacial score (nSPS) is 17.7. The average Bonchev–Trinajstić information content (AvgIpc) is 3.37. The zero-order valence-electron chi connectivity index (χ0n) is 24.4. The van der Waals surface area contributed by atoms with Gasteiger partial charge in [0.25, 0.3) is 0 Å². The van der Waals surface area contributed by atoms with Crippen molar-refractivity contribution in [3.05, 3.63) is 138 Å². The molecule has 1 aromatic heterocycles. The van der Waals surface area contributed by atoms with E-state index in [2.05, 4.69) is 83.6 Å². The number of rotatable bonds is 9. The van der Waals surface area contributed by atoms with Crippen LogP contribution in [0.1, 0.15) is 48.4 Å². The van der Waals surface area contributed by atoms with Gasteiger partial charge in [0.05, 0.1) is 12.2 Å². The number of ether oxygens (including phenoxy) is 2. The molecule has 1 fully saturated rings. The van der Waals surface area contributed by atoms with Crippen molar-refractivity contribution in [2.45, 2.75) is 51.5 Å². The van der Waals surface area contributed by atoms with Crippen LogP contribution in [0.3, 0.4) is 0 Å². The monoisotopic (exact) mass is 558 g/mol. The summed E-state index contributed by atoms with van der Waals surface area (Å²) in [4.78, 5) is 15.9. The first-order chi connectivity index (χ1) is 20.5. The SMILES string of the molecule is C[C@@H]1CN(C(=O)C[C@@H](c2cccc(OCc3ccccc3)c2)c2cn(Cc3ccccc3)c3ccccc23)C[C@@H](C)O1. The number of carbonyl (C=O) groups excluding carboxylic acids is 1. The van der Waals surface area contributed by atoms with Crippen molar-refractivity contribution in [1.82, 2.24) is 9.47 Å². The minimum absolute atomic E-state index is 0.0265. The second-order valence-corrected chi connectivity index (χ2v) is 11.4. The van der Waals surface area contributed by atoms with Gasteiger partial charge >= 0.3 is 0 Å². The maximum Gasteiger partial charge on any atom is 0.223 e. The average molecular weight is 559 g/mol. The molecule has 0 unspecified atom stereocenters. The van der Waals surface area contributed by atoms with Gasteiger partial charge in [0.15, 0.2) is 0 Å². The van der Waals surface area contributed by atoms with Gasteiger partial charge in [-0.1, -0.05) is 91.0 Å².